The van der Waals surface area contributed by atoms with E-state index in [9.17, 15) is 4.79 Å². The smallest absolute Gasteiger partial charge is 0.234 e. The van der Waals surface area contributed by atoms with Crippen LogP contribution in [0.2, 0.25) is 5.02 Å². The third-order valence-corrected chi connectivity index (χ3v) is 5.72. The van der Waals surface area contributed by atoms with Crippen LogP contribution in [0.3, 0.4) is 0 Å². The Bertz CT molecular complexity index is 879. The second-order valence-electron chi connectivity index (χ2n) is 4.99. The number of rotatable bonds is 4. The summed E-state index contributed by atoms with van der Waals surface area (Å²) in [5.41, 5.74) is 1.88. The quantitative estimate of drug-likeness (QED) is 0.539. The van der Waals surface area contributed by atoms with Crippen molar-refractivity contribution in [2.24, 2.45) is 0 Å². The van der Waals surface area contributed by atoms with Crippen LogP contribution in [0.4, 0.5) is 5.69 Å². The maximum absolute atomic E-state index is 12.1. The summed E-state index contributed by atoms with van der Waals surface area (Å²) in [6.07, 6.45) is 1.55. The number of thioether (sulfide) groups is 1. The van der Waals surface area contributed by atoms with Gasteiger partial charge in [0.1, 0.15) is 16.2 Å². The second-order valence-corrected chi connectivity index (χ2v) is 7.59. The largest absolute Gasteiger partial charge is 0.325 e. The van der Waals surface area contributed by atoms with Crippen molar-refractivity contribution in [3.8, 4) is 0 Å². The Balaban J connectivity index is 1.72. The summed E-state index contributed by atoms with van der Waals surface area (Å²) >= 11 is 8.99. The summed E-state index contributed by atoms with van der Waals surface area (Å²) in [6, 6.07) is 7.10. The van der Waals surface area contributed by atoms with Crippen LogP contribution in [0.25, 0.3) is 10.2 Å². The maximum Gasteiger partial charge on any atom is 0.234 e. The standard InChI is InChI=1S/C16H14ClN3OS2/c1-9-10(2)23-16-14(9)15(18-8-19-16)22-7-13(21)20-12-5-3-4-11(17)6-12/h3-6,8H,7H2,1-2H3,(H,20,21). The zero-order valence-corrected chi connectivity index (χ0v) is 15.0. The fourth-order valence-electron chi connectivity index (χ4n) is 2.16. The molecule has 0 bridgehead atoms. The molecule has 7 heteroatoms. The van der Waals surface area contributed by atoms with Gasteiger partial charge in [0, 0.05) is 21.0 Å². The molecule has 2 heterocycles. The molecular weight excluding hydrogens is 350 g/mol. The van der Waals surface area contributed by atoms with E-state index in [1.54, 1.807) is 35.9 Å². The van der Waals surface area contributed by atoms with E-state index in [2.05, 4.69) is 29.1 Å². The maximum atomic E-state index is 12.1. The Morgan fingerprint density at radius 3 is 2.96 bits per heavy atom. The lowest BCUT2D eigenvalue weighted by atomic mass is 10.2. The number of aryl methyl sites for hydroxylation is 2. The molecule has 0 radical (unpaired) electrons. The predicted molar refractivity (Wildman–Crippen MR) is 97.7 cm³/mol. The van der Waals surface area contributed by atoms with Crippen LogP contribution in [0.1, 0.15) is 10.4 Å². The fourth-order valence-corrected chi connectivity index (χ4v) is 4.26. The number of benzene rings is 1. The van der Waals surface area contributed by atoms with Gasteiger partial charge in [-0.15, -0.1) is 11.3 Å². The number of nitrogens with zero attached hydrogens (tertiary/aromatic N) is 2. The van der Waals surface area contributed by atoms with Crippen molar-refractivity contribution >= 4 is 56.5 Å². The van der Waals surface area contributed by atoms with Gasteiger partial charge in [-0.05, 0) is 37.6 Å². The van der Waals surface area contributed by atoms with Crippen LogP contribution in [0.5, 0.6) is 0 Å². The van der Waals surface area contributed by atoms with Gasteiger partial charge < -0.3 is 5.32 Å². The van der Waals surface area contributed by atoms with Crippen molar-refractivity contribution in [2.75, 3.05) is 11.1 Å². The lowest BCUT2D eigenvalue weighted by Crippen LogP contribution is -2.14. The minimum absolute atomic E-state index is 0.0892. The Labute approximate surface area is 147 Å². The van der Waals surface area contributed by atoms with E-state index in [0.717, 1.165) is 15.2 Å². The molecule has 0 saturated carbocycles. The second kappa shape index (κ2) is 6.86. The Hall–Kier alpha value is -1.63. The molecule has 1 N–H and O–H groups in total. The Morgan fingerprint density at radius 1 is 1.35 bits per heavy atom. The van der Waals surface area contributed by atoms with Crippen molar-refractivity contribution in [1.82, 2.24) is 9.97 Å². The average Bonchev–Trinajstić information content (AvgIpc) is 2.81. The van der Waals surface area contributed by atoms with Crippen molar-refractivity contribution in [1.29, 1.82) is 0 Å². The summed E-state index contributed by atoms with van der Waals surface area (Å²) in [5, 5.41) is 5.33. The molecule has 0 atom stereocenters. The highest BCUT2D eigenvalue weighted by Gasteiger charge is 2.13. The van der Waals surface area contributed by atoms with Crippen LogP contribution in [-0.2, 0) is 4.79 Å². The van der Waals surface area contributed by atoms with E-state index in [1.165, 1.54) is 22.2 Å². The first kappa shape index (κ1) is 16.2. The number of nitrogens with one attached hydrogen (secondary N) is 1. The van der Waals surface area contributed by atoms with Crippen LogP contribution in [-0.4, -0.2) is 21.6 Å². The van der Waals surface area contributed by atoms with Gasteiger partial charge in [-0.25, -0.2) is 9.97 Å². The van der Waals surface area contributed by atoms with Gasteiger partial charge >= 0.3 is 0 Å². The fraction of sp³-hybridized carbons (Fsp3) is 0.188. The molecule has 1 amide bonds. The van der Waals surface area contributed by atoms with Crippen LogP contribution >= 0.6 is 34.7 Å². The monoisotopic (exact) mass is 363 g/mol. The SMILES string of the molecule is Cc1sc2ncnc(SCC(=O)Nc3cccc(Cl)c3)c2c1C. The minimum atomic E-state index is -0.0892. The number of hydrogen-bond donors (Lipinski definition) is 1. The first-order valence-electron chi connectivity index (χ1n) is 6.93. The number of amides is 1. The highest BCUT2D eigenvalue weighted by atomic mass is 35.5. The van der Waals surface area contributed by atoms with E-state index in [1.807, 2.05) is 6.07 Å². The first-order valence-corrected chi connectivity index (χ1v) is 9.11. The van der Waals surface area contributed by atoms with E-state index in [4.69, 9.17) is 11.6 Å². The molecule has 0 saturated heterocycles. The lowest BCUT2D eigenvalue weighted by molar-refractivity contribution is -0.113. The third-order valence-electron chi connectivity index (χ3n) is 3.38. The van der Waals surface area contributed by atoms with E-state index >= 15 is 0 Å². The molecule has 2 aromatic heterocycles. The summed E-state index contributed by atoms with van der Waals surface area (Å²) < 4.78 is 0. The van der Waals surface area contributed by atoms with Crippen LogP contribution in [0.15, 0.2) is 35.6 Å². The summed E-state index contributed by atoms with van der Waals surface area (Å²) in [6.45, 7) is 4.13. The predicted octanol–water partition coefficient (Wildman–Crippen LogP) is 4.69. The molecule has 0 aliphatic rings. The van der Waals surface area contributed by atoms with Gasteiger partial charge in [-0.3, -0.25) is 4.79 Å². The van der Waals surface area contributed by atoms with Gasteiger partial charge in [0.15, 0.2) is 0 Å². The van der Waals surface area contributed by atoms with E-state index < -0.39 is 0 Å². The van der Waals surface area contributed by atoms with Crippen molar-refractivity contribution in [3.63, 3.8) is 0 Å². The Morgan fingerprint density at radius 2 is 2.17 bits per heavy atom. The number of anilines is 1. The highest BCUT2D eigenvalue weighted by molar-refractivity contribution is 8.00. The molecule has 0 fully saturated rings. The summed E-state index contributed by atoms with van der Waals surface area (Å²) in [5.74, 6) is 0.195. The van der Waals surface area contributed by atoms with Gasteiger partial charge in [-0.1, -0.05) is 29.4 Å². The topological polar surface area (TPSA) is 54.9 Å². The lowest BCUT2D eigenvalue weighted by Gasteiger charge is -2.06. The molecule has 1 aromatic carbocycles. The van der Waals surface area contributed by atoms with Gasteiger partial charge in [0.2, 0.25) is 5.91 Å². The molecular formula is C16H14ClN3OS2. The first-order chi connectivity index (χ1) is 11.0. The molecule has 3 aromatic rings. The molecule has 0 aliphatic heterocycles. The Kier molecular flexibility index (Phi) is 4.84. The summed E-state index contributed by atoms with van der Waals surface area (Å²) in [4.78, 5) is 22.9. The number of fused-ring (bicyclic) bond motifs is 1. The molecule has 23 heavy (non-hydrogen) atoms. The zero-order valence-electron chi connectivity index (χ0n) is 12.6. The number of carbonyl (C=O) groups is 1. The van der Waals surface area contributed by atoms with Crippen molar-refractivity contribution in [3.05, 3.63) is 46.1 Å². The van der Waals surface area contributed by atoms with E-state index in [0.29, 0.717) is 10.7 Å². The highest BCUT2D eigenvalue weighted by Crippen LogP contribution is 2.34. The van der Waals surface area contributed by atoms with Crippen LogP contribution < -0.4 is 5.32 Å². The van der Waals surface area contributed by atoms with Crippen LogP contribution in [0, 0.1) is 13.8 Å². The minimum Gasteiger partial charge on any atom is -0.325 e. The zero-order chi connectivity index (χ0) is 16.4. The molecule has 0 spiro atoms. The molecule has 3 rings (SSSR count). The van der Waals surface area contributed by atoms with Gasteiger partial charge in [0.05, 0.1) is 5.75 Å². The number of thiophene rings is 1. The molecule has 118 valence electrons. The average molecular weight is 364 g/mol. The van der Waals surface area contributed by atoms with Crippen molar-refractivity contribution in [2.45, 2.75) is 18.9 Å². The molecule has 0 aliphatic carbocycles. The number of halogens is 1. The number of hydrogen-bond acceptors (Lipinski definition) is 5. The molecule has 4 nitrogen and oxygen atoms in total. The number of carbonyl (C=O) groups excluding carboxylic acids is 1. The van der Waals surface area contributed by atoms with Crippen molar-refractivity contribution < 1.29 is 4.79 Å². The third kappa shape index (κ3) is 3.65. The van der Waals surface area contributed by atoms with Gasteiger partial charge in [-0.2, -0.15) is 0 Å². The summed E-state index contributed by atoms with van der Waals surface area (Å²) in [7, 11) is 0. The number of aromatic nitrogens is 2. The normalized spacial score (nSPS) is 10.9. The van der Waals surface area contributed by atoms with Gasteiger partial charge in [0.25, 0.3) is 0 Å². The molecule has 0 unspecified atom stereocenters. The van der Waals surface area contributed by atoms with E-state index in [-0.39, 0.29) is 11.7 Å².